The lowest BCUT2D eigenvalue weighted by molar-refractivity contribution is -0.139. The van der Waals surface area contributed by atoms with Crippen molar-refractivity contribution in [1.82, 2.24) is 10.2 Å². The summed E-state index contributed by atoms with van der Waals surface area (Å²) in [6.45, 7) is 7.53. The number of nitrogens with one attached hydrogen (secondary N) is 1. The third kappa shape index (κ3) is 7.41. The fourth-order valence-electron chi connectivity index (χ4n) is 4.35. The molecule has 0 aliphatic rings. The topological polar surface area (TPSA) is 96.0 Å². The van der Waals surface area contributed by atoms with E-state index in [9.17, 15) is 18.0 Å². The number of carbonyl (C=O) groups excluding carboxylic acids is 2. The molecule has 8 nitrogen and oxygen atoms in total. The second-order valence-corrected chi connectivity index (χ2v) is 11.5. The van der Waals surface area contributed by atoms with Gasteiger partial charge in [-0.1, -0.05) is 61.9 Å². The van der Waals surface area contributed by atoms with Crippen molar-refractivity contribution in [3.8, 4) is 5.75 Å². The number of methoxy groups -OCH3 is 1. The lowest BCUT2D eigenvalue weighted by Gasteiger charge is -2.32. The summed E-state index contributed by atoms with van der Waals surface area (Å²) in [5.74, 6) is -0.183. The zero-order chi connectivity index (χ0) is 29.3. The second kappa shape index (κ2) is 14.0. The van der Waals surface area contributed by atoms with Gasteiger partial charge in [-0.2, -0.15) is 0 Å². The molecule has 0 saturated carbocycles. The summed E-state index contributed by atoms with van der Waals surface area (Å²) in [5.41, 5.74) is 2.90. The van der Waals surface area contributed by atoms with Crippen LogP contribution in [0.1, 0.15) is 43.9 Å². The molecule has 1 atom stereocenters. The molecule has 3 rings (SSSR count). The van der Waals surface area contributed by atoms with Gasteiger partial charge in [0.15, 0.2) is 0 Å². The fraction of sp³-hybridized carbons (Fsp3) is 0.355. The SMILES string of the molecule is CCCNC(=O)C(C)N(Cc1cccc(OC)c1)C(=O)CN(c1ccccc1CC)S(=O)(=O)c1ccc(C)cc1. The van der Waals surface area contributed by atoms with Gasteiger partial charge < -0.3 is 15.0 Å². The fourth-order valence-corrected chi connectivity index (χ4v) is 5.80. The highest BCUT2D eigenvalue weighted by Gasteiger charge is 2.33. The zero-order valence-corrected chi connectivity index (χ0v) is 24.7. The molecule has 9 heteroatoms. The first kappa shape index (κ1) is 30.7. The molecular weight excluding hydrogens is 526 g/mol. The maximum Gasteiger partial charge on any atom is 0.264 e. The molecule has 0 saturated heterocycles. The number of anilines is 1. The number of para-hydroxylation sites is 1. The smallest absolute Gasteiger partial charge is 0.264 e. The van der Waals surface area contributed by atoms with Crippen molar-refractivity contribution >= 4 is 27.5 Å². The number of aryl methyl sites for hydroxylation is 2. The molecule has 0 heterocycles. The summed E-state index contributed by atoms with van der Waals surface area (Å²) in [7, 11) is -2.55. The van der Waals surface area contributed by atoms with E-state index in [0.29, 0.717) is 24.4 Å². The van der Waals surface area contributed by atoms with Crippen LogP contribution < -0.4 is 14.4 Å². The Morgan fingerprint density at radius 2 is 1.68 bits per heavy atom. The lowest BCUT2D eigenvalue weighted by Crippen LogP contribution is -2.51. The van der Waals surface area contributed by atoms with Crippen LogP contribution in [0.4, 0.5) is 5.69 Å². The molecule has 40 heavy (non-hydrogen) atoms. The molecular formula is C31H39N3O5S. The highest BCUT2D eigenvalue weighted by molar-refractivity contribution is 7.92. The molecule has 214 valence electrons. The number of hydrogen-bond donors (Lipinski definition) is 1. The van der Waals surface area contributed by atoms with Crippen molar-refractivity contribution in [2.75, 3.05) is 24.5 Å². The first-order chi connectivity index (χ1) is 19.1. The number of hydrogen-bond acceptors (Lipinski definition) is 5. The van der Waals surface area contributed by atoms with Gasteiger partial charge in [0.2, 0.25) is 11.8 Å². The van der Waals surface area contributed by atoms with Crippen LogP contribution in [0.3, 0.4) is 0 Å². The average Bonchev–Trinajstić information content (AvgIpc) is 2.97. The van der Waals surface area contributed by atoms with Gasteiger partial charge in [-0.3, -0.25) is 13.9 Å². The minimum Gasteiger partial charge on any atom is -0.497 e. The maximum atomic E-state index is 14.0. The highest BCUT2D eigenvalue weighted by atomic mass is 32.2. The van der Waals surface area contributed by atoms with E-state index in [1.807, 2.05) is 45.0 Å². The van der Waals surface area contributed by atoms with Crippen LogP contribution in [0, 0.1) is 6.92 Å². The third-order valence-corrected chi connectivity index (χ3v) is 8.51. The Hall–Kier alpha value is -3.85. The summed E-state index contributed by atoms with van der Waals surface area (Å²) < 4.78 is 34.5. The first-order valence-corrected chi connectivity index (χ1v) is 14.9. The van der Waals surface area contributed by atoms with Gasteiger partial charge in [-0.15, -0.1) is 0 Å². The quantitative estimate of drug-likeness (QED) is 0.324. The number of amides is 2. The van der Waals surface area contributed by atoms with E-state index in [1.165, 1.54) is 4.90 Å². The monoisotopic (exact) mass is 565 g/mol. The minimum absolute atomic E-state index is 0.0879. The predicted octanol–water partition coefficient (Wildman–Crippen LogP) is 4.70. The van der Waals surface area contributed by atoms with Gasteiger partial charge in [-0.05, 0) is 68.1 Å². The Labute approximate surface area is 238 Å². The maximum absolute atomic E-state index is 14.0. The summed E-state index contributed by atoms with van der Waals surface area (Å²) in [6, 6.07) is 20.1. The van der Waals surface area contributed by atoms with E-state index in [-0.39, 0.29) is 17.3 Å². The van der Waals surface area contributed by atoms with Crippen LogP contribution in [-0.4, -0.2) is 51.4 Å². The minimum atomic E-state index is -4.11. The van der Waals surface area contributed by atoms with E-state index in [1.54, 1.807) is 62.6 Å². The molecule has 0 aromatic heterocycles. The van der Waals surface area contributed by atoms with Gasteiger partial charge in [0, 0.05) is 13.1 Å². The van der Waals surface area contributed by atoms with Gasteiger partial charge in [0.25, 0.3) is 10.0 Å². The number of ether oxygens (including phenoxy) is 1. The molecule has 1 unspecified atom stereocenters. The molecule has 3 aromatic rings. The molecule has 0 aliphatic carbocycles. The van der Waals surface area contributed by atoms with E-state index < -0.39 is 28.5 Å². The number of benzene rings is 3. The van der Waals surface area contributed by atoms with Gasteiger partial charge in [0.1, 0.15) is 18.3 Å². The molecule has 0 spiro atoms. The predicted molar refractivity (Wildman–Crippen MR) is 158 cm³/mol. The molecule has 1 N–H and O–H groups in total. The van der Waals surface area contributed by atoms with Crippen LogP contribution in [0.15, 0.2) is 77.7 Å². The van der Waals surface area contributed by atoms with Crippen molar-refractivity contribution in [3.05, 3.63) is 89.5 Å². The van der Waals surface area contributed by atoms with Crippen LogP contribution in [0.2, 0.25) is 0 Å². The summed E-state index contributed by atoms with van der Waals surface area (Å²) in [4.78, 5) is 28.6. The Kier molecular flexibility index (Phi) is 10.7. The number of carbonyl (C=O) groups is 2. The number of sulfonamides is 1. The molecule has 0 radical (unpaired) electrons. The Morgan fingerprint density at radius 1 is 0.975 bits per heavy atom. The molecule has 0 fully saturated rings. The van der Waals surface area contributed by atoms with E-state index in [4.69, 9.17) is 4.74 Å². The van der Waals surface area contributed by atoms with Crippen molar-refractivity contribution in [3.63, 3.8) is 0 Å². The first-order valence-electron chi connectivity index (χ1n) is 13.5. The van der Waals surface area contributed by atoms with Gasteiger partial charge >= 0.3 is 0 Å². The molecule has 2 amide bonds. The molecule has 3 aromatic carbocycles. The van der Waals surface area contributed by atoms with Crippen molar-refractivity contribution in [2.24, 2.45) is 0 Å². The van der Waals surface area contributed by atoms with Crippen molar-refractivity contribution in [1.29, 1.82) is 0 Å². The average molecular weight is 566 g/mol. The number of nitrogens with zero attached hydrogens (tertiary/aromatic N) is 2. The van der Waals surface area contributed by atoms with Crippen LogP contribution in [0.5, 0.6) is 5.75 Å². The van der Waals surface area contributed by atoms with E-state index in [0.717, 1.165) is 27.4 Å². The Bertz CT molecular complexity index is 1410. The second-order valence-electron chi connectivity index (χ2n) is 9.65. The summed E-state index contributed by atoms with van der Waals surface area (Å²) in [6.07, 6.45) is 1.33. The third-order valence-electron chi connectivity index (χ3n) is 6.73. The Morgan fingerprint density at radius 3 is 2.33 bits per heavy atom. The van der Waals surface area contributed by atoms with Crippen LogP contribution >= 0.6 is 0 Å². The van der Waals surface area contributed by atoms with Crippen molar-refractivity contribution in [2.45, 2.75) is 58.0 Å². The van der Waals surface area contributed by atoms with Crippen LogP contribution in [-0.2, 0) is 32.6 Å². The normalized spacial score (nSPS) is 11.9. The summed E-state index contributed by atoms with van der Waals surface area (Å²) >= 11 is 0. The van der Waals surface area contributed by atoms with Crippen LogP contribution in [0.25, 0.3) is 0 Å². The lowest BCUT2D eigenvalue weighted by atomic mass is 10.1. The highest BCUT2D eigenvalue weighted by Crippen LogP contribution is 2.28. The Balaban J connectivity index is 2.06. The zero-order valence-electron chi connectivity index (χ0n) is 23.9. The van der Waals surface area contributed by atoms with E-state index >= 15 is 0 Å². The summed E-state index contributed by atoms with van der Waals surface area (Å²) in [5, 5.41) is 2.85. The molecule has 0 aliphatic heterocycles. The number of rotatable bonds is 13. The largest absolute Gasteiger partial charge is 0.497 e. The van der Waals surface area contributed by atoms with E-state index in [2.05, 4.69) is 5.32 Å². The van der Waals surface area contributed by atoms with Gasteiger partial charge in [-0.25, -0.2) is 8.42 Å². The van der Waals surface area contributed by atoms with Gasteiger partial charge in [0.05, 0.1) is 17.7 Å². The molecule has 0 bridgehead atoms. The standard InChI is InChI=1S/C31H39N3O5S/c1-6-19-32-31(36)24(4)33(21-25-11-10-13-27(20-25)39-5)30(35)22-34(29-14-9-8-12-26(29)7-2)40(37,38)28-17-15-23(3)16-18-28/h8-18,20,24H,6-7,19,21-22H2,1-5H3,(H,32,36). The van der Waals surface area contributed by atoms with Crippen molar-refractivity contribution < 1.29 is 22.7 Å².